The van der Waals surface area contributed by atoms with Crippen LogP contribution in [0.2, 0.25) is 0 Å². The van der Waals surface area contributed by atoms with E-state index < -0.39 is 17.7 Å². The molecule has 0 aliphatic carbocycles. The third-order valence-electron chi connectivity index (χ3n) is 2.97. The summed E-state index contributed by atoms with van der Waals surface area (Å²) in [5.74, 6) is -1.14. The lowest BCUT2D eigenvalue weighted by atomic mass is 10.2. The van der Waals surface area contributed by atoms with Crippen LogP contribution in [0, 0.1) is 12.7 Å². The molecule has 0 fully saturated rings. The van der Waals surface area contributed by atoms with Gasteiger partial charge in [-0.3, -0.25) is 14.5 Å². The minimum Gasteiger partial charge on any atom is -0.469 e. The van der Waals surface area contributed by atoms with Gasteiger partial charge >= 0.3 is 5.97 Å². The van der Waals surface area contributed by atoms with Crippen LogP contribution in [0.1, 0.15) is 16.1 Å². The number of hydrogen-bond donors (Lipinski definition) is 0. The maximum Gasteiger partial charge on any atom is 0.325 e. The molecule has 0 atom stereocenters. The highest BCUT2D eigenvalue weighted by atomic mass is 19.1. The number of ether oxygens (including phenoxy) is 1. The van der Waals surface area contributed by atoms with E-state index in [1.54, 1.807) is 13.0 Å². The number of halogens is 1. The van der Waals surface area contributed by atoms with Gasteiger partial charge < -0.3 is 9.15 Å². The van der Waals surface area contributed by atoms with Gasteiger partial charge in [0.1, 0.15) is 18.1 Å². The number of carbonyl (C=O) groups is 2. The largest absolute Gasteiger partial charge is 0.469 e. The molecule has 1 heterocycles. The molecule has 0 unspecified atom stereocenters. The third kappa shape index (κ3) is 3.28. The lowest BCUT2D eigenvalue weighted by Gasteiger charge is -2.21. The molecule has 0 aliphatic rings. The number of amides is 1. The molecule has 6 heteroatoms. The number of rotatable bonds is 4. The maximum absolute atomic E-state index is 13.4. The monoisotopic (exact) mass is 291 g/mol. The average molecular weight is 291 g/mol. The molecule has 1 aromatic carbocycles. The van der Waals surface area contributed by atoms with Gasteiger partial charge in [-0.1, -0.05) is 6.07 Å². The summed E-state index contributed by atoms with van der Waals surface area (Å²) in [4.78, 5) is 25.2. The first-order valence-electron chi connectivity index (χ1n) is 6.21. The molecule has 21 heavy (non-hydrogen) atoms. The van der Waals surface area contributed by atoms with E-state index in [0.29, 0.717) is 11.3 Å². The first-order chi connectivity index (χ1) is 10.0. The molecule has 0 aliphatic heterocycles. The molecule has 0 spiro atoms. The molecule has 0 N–H and O–H groups in total. The van der Waals surface area contributed by atoms with Crippen molar-refractivity contribution in [2.24, 2.45) is 0 Å². The Kier molecular flexibility index (Phi) is 4.37. The van der Waals surface area contributed by atoms with Crippen molar-refractivity contribution >= 4 is 17.6 Å². The Hall–Kier alpha value is -2.63. The predicted molar refractivity (Wildman–Crippen MR) is 73.5 cm³/mol. The Morgan fingerprint density at radius 3 is 2.67 bits per heavy atom. The normalized spacial score (nSPS) is 10.2. The molecule has 0 radical (unpaired) electrons. The number of esters is 1. The SMILES string of the molecule is COC(=O)CN(C(=O)c1ccoc1C)c1cccc(F)c1. The van der Waals surface area contributed by atoms with Crippen molar-refractivity contribution in [2.45, 2.75) is 6.92 Å². The Labute approximate surface area is 120 Å². The molecule has 110 valence electrons. The van der Waals surface area contributed by atoms with Gasteiger partial charge in [0, 0.05) is 5.69 Å². The fraction of sp³-hybridized carbons (Fsp3) is 0.200. The first-order valence-corrected chi connectivity index (χ1v) is 6.21. The van der Waals surface area contributed by atoms with Crippen molar-refractivity contribution in [3.05, 3.63) is 53.7 Å². The molecular formula is C15H14FNO4. The second-order valence-electron chi connectivity index (χ2n) is 4.34. The topological polar surface area (TPSA) is 59.8 Å². The minimum atomic E-state index is -0.603. The zero-order valence-corrected chi connectivity index (χ0v) is 11.6. The van der Waals surface area contributed by atoms with Crippen LogP contribution in [0.25, 0.3) is 0 Å². The van der Waals surface area contributed by atoms with Crippen molar-refractivity contribution in [1.29, 1.82) is 0 Å². The summed E-state index contributed by atoms with van der Waals surface area (Å²) in [5.41, 5.74) is 0.578. The summed E-state index contributed by atoms with van der Waals surface area (Å²) in [5, 5.41) is 0. The number of nitrogens with zero attached hydrogens (tertiary/aromatic N) is 1. The zero-order valence-electron chi connectivity index (χ0n) is 11.6. The summed E-state index contributed by atoms with van der Waals surface area (Å²) in [7, 11) is 1.22. The van der Waals surface area contributed by atoms with E-state index in [9.17, 15) is 14.0 Å². The standard InChI is InChI=1S/C15H14FNO4/c1-10-13(6-7-21-10)15(19)17(9-14(18)20-2)12-5-3-4-11(16)8-12/h3-8H,9H2,1-2H3. The second-order valence-corrected chi connectivity index (χ2v) is 4.34. The average Bonchev–Trinajstić information content (AvgIpc) is 2.90. The number of hydrogen-bond acceptors (Lipinski definition) is 4. The number of aryl methyl sites for hydroxylation is 1. The van der Waals surface area contributed by atoms with E-state index in [0.717, 1.165) is 4.90 Å². The van der Waals surface area contributed by atoms with E-state index in [2.05, 4.69) is 4.74 Å². The van der Waals surface area contributed by atoms with Gasteiger partial charge in [-0.25, -0.2) is 4.39 Å². The molecule has 2 rings (SSSR count). The van der Waals surface area contributed by atoms with Crippen LogP contribution in [-0.4, -0.2) is 25.5 Å². The Bertz CT molecular complexity index is 665. The van der Waals surface area contributed by atoms with E-state index in [1.165, 1.54) is 37.6 Å². The highest BCUT2D eigenvalue weighted by molar-refractivity contribution is 6.08. The third-order valence-corrected chi connectivity index (χ3v) is 2.97. The lowest BCUT2D eigenvalue weighted by molar-refractivity contribution is -0.138. The number of furan rings is 1. The lowest BCUT2D eigenvalue weighted by Crippen LogP contribution is -2.36. The van der Waals surface area contributed by atoms with E-state index in [1.807, 2.05) is 0 Å². The molecular weight excluding hydrogens is 277 g/mol. The van der Waals surface area contributed by atoms with Crippen molar-refractivity contribution in [1.82, 2.24) is 0 Å². The molecule has 0 saturated heterocycles. The minimum absolute atomic E-state index is 0.269. The van der Waals surface area contributed by atoms with Gasteiger partial charge in [-0.05, 0) is 31.2 Å². The highest BCUT2D eigenvalue weighted by Crippen LogP contribution is 2.20. The van der Waals surface area contributed by atoms with Crippen molar-refractivity contribution in [3.8, 4) is 0 Å². The summed E-state index contributed by atoms with van der Waals surface area (Å²) in [6, 6.07) is 6.94. The predicted octanol–water partition coefficient (Wildman–Crippen LogP) is 2.55. The quantitative estimate of drug-likeness (QED) is 0.812. The van der Waals surface area contributed by atoms with Crippen LogP contribution in [0.3, 0.4) is 0 Å². The summed E-state index contributed by atoms with van der Waals surface area (Å²) in [6.45, 7) is 1.32. The fourth-order valence-corrected chi connectivity index (χ4v) is 1.87. The highest BCUT2D eigenvalue weighted by Gasteiger charge is 2.23. The van der Waals surface area contributed by atoms with Gasteiger partial charge in [0.25, 0.3) is 5.91 Å². The van der Waals surface area contributed by atoms with Crippen molar-refractivity contribution in [3.63, 3.8) is 0 Å². The van der Waals surface area contributed by atoms with E-state index in [4.69, 9.17) is 4.42 Å². The van der Waals surface area contributed by atoms with Crippen LogP contribution < -0.4 is 4.90 Å². The Balaban J connectivity index is 2.39. The van der Waals surface area contributed by atoms with Gasteiger partial charge in [0.05, 0.1) is 18.9 Å². The number of benzene rings is 1. The molecule has 1 amide bonds. The zero-order chi connectivity index (χ0) is 15.4. The molecule has 1 aromatic heterocycles. The van der Waals surface area contributed by atoms with Crippen LogP contribution in [0.4, 0.5) is 10.1 Å². The van der Waals surface area contributed by atoms with Crippen LogP contribution >= 0.6 is 0 Å². The fourth-order valence-electron chi connectivity index (χ4n) is 1.87. The molecule has 0 saturated carbocycles. The van der Waals surface area contributed by atoms with Crippen LogP contribution in [-0.2, 0) is 9.53 Å². The molecule has 0 bridgehead atoms. The summed E-state index contributed by atoms with van der Waals surface area (Å²) < 4.78 is 23.0. The van der Waals surface area contributed by atoms with Gasteiger partial charge in [0.15, 0.2) is 0 Å². The van der Waals surface area contributed by atoms with Crippen LogP contribution in [0.15, 0.2) is 41.0 Å². The number of carbonyl (C=O) groups excluding carboxylic acids is 2. The van der Waals surface area contributed by atoms with Crippen LogP contribution in [0.5, 0.6) is 0 Å². The summed E-state index contributed by atoms with van der Waals surface area (Å²) >= 11 is 0. The smallest absolute Gasteiger partial charge is 0.325 e. The first kappa shape index (κ1) is 14.8. The Morgan fingerprint density at radius 2 is 2.10 bits per heavy atom. The molecule has 5 nitrogen and oxygen atoms in total. The van der Waals surface area contributed by atoms with E-state index >= 15 is 0 Å². The van der Waals surface area contributed by atoms with E-state index in [-0.39, 0.29) is 12.2 Å². The second kappa shape index (κ2) is 6.21. The van der Waals surface area contributed by atoms with Gasteiger partial charge in [-0.15, -0.1) is 0 Å². The van der Waals surface area contributed by atoms with Gasteiger partial charge in [0.2, 0.25) is 0 Å². The number of anilines is 1. The summed E-state index contributed by atoms with van der Waals surface area (Å²) in [6.07, 6.45) is 1.38. The van der Waals surface area contributed by atoms with Crippen molar-refractivity contribution < 1.29 is 23.1 Å². The number of methoxy groups -OCH3 is 1. The Morgan fingerprint density at radius 1 is 1.33 bits per heavy atom. The molecule has 2 aromatic rings. The van der Waals surface area contributed by atoms with Gasteiger partial charge in [-0.2, -0.15) is 0 Å². The maximum atomic E-state index is 13.4. The van der Waals surface area contributed by atoms with Crippen molar-refractivity contribution in [2.75, 3.05) is 18.6 Å².